The van der Waals surface area contributed by atoms with Crippen LogP contribution in [-0.4, -0.2) is 25.5 Å². The molecule has 0 aromatic heterocycles. The minimum absolute atomic E-state index is 0.243. The van der Waals surface area contributed by atoms with E-state index in [9.17, 15) is 4.79 Å². The highest BCUT2D eigenvalue weighted by molar-refractivity contribution is 5.75. The Balaban J connectivity index is 1.86. The van der Waals surface area contributed by atoms with Gasteiger partial charge in [0.15, 0.2) is 0 Å². The minimum Gasteiger partial charge on any atom is -0.356 e. The lowest BCUT2D eigenvalue weighted by molar-refractivity contribution is -0.121. The van der Waals surface area contributed by atoms with Gasteiger partial charge < -0.3 is 10.6 Å². The van der Waals surface area contributed by atoms with Crippen LogP contribution < -0.4 is 10.6 Å². The Morgan fingerprint density at radius 1 is 1.29 bits per heavy atom. The van der Waals surface area contributed by atoms with Gasteiger partial charge in [0.2, 0.25) is 5.91 Å². The van der Waals surface area contributed by atoms with Gasteiger partial charge in [0.05, 0.1) is 0 Å². The summed E-state index contributed by atoms with van der Waals surface area (Å²) in [5.74, 6) is 1.02. The van der Waals surface area contributed by atoms with Gasteiger partial charge in [-0.2, -0.15) is 0 Å². The highest BCUT2D eigenvalue weighted by Crippen LogP contribution is 2.11. The van der Waals surface area contributed by atoms with Crippen LogP contribution in [0.3, 0.4) is 0 Å². The first-order valence-electron chi connectivity index (χ1n) is 7.30. The first-order valence-corrected chi connectivity index (χ1v) is 7.30. The van der Waals surface area contributed by atoms with E-state index in [4.69, 9.17) is 0 Å². The third-order valence-corrected chi connectivity index (χ3v) is 3.54. The Kier molecular flexibility index (Phi) is 8.06. The van der Waals surface area contributed by atoms with Crippen molar-refractivity contribution in [1.29, 1.82) is 0 Å². The molecule has 0 radical (unpaired) electrons. The molecule has 2 N–H and O–H groups in total. The van der Waals surface area contributed by atoms with E-state index in [-0.39, 0.29) is 5.91 Å². The molecule has 1 rings (SSSR count). The standard InChI is InChI=1S/C14H28N2O/c1-2-3-4-5-6-7-14(17)16-11-9-13-8-10-15-12-13/h13,15H,2-12H2,1H3,(H,16,17). The van der Waals surface area contributed by atoms with E-state index in [1.54, 1.807) is 0 Å². The summed E-state index contributed by atoms with van der Waals surface area (Å²) in [7, 11) is 0. The van der Waals surface area contributed by atoms with Crippen LogP contribution in [0.1, 0.15) is 58.3 Å². The molecule has 17 heavy (non-hydrogen) atoms. The number of hydrogen-bond donors (Lipinski definition) is 2. The van der Waals surface area contributed by atoms with E-state index >= 15 is 0 Å². The molecule has 0 spiro atoms. The van der Waals surface area contributed by atoms with E-state index in [0.29, 0.717) is 6.42 Å². The van der Waals surface area contributed by atoms with Gasteiger partial charge in [-0.3, -0.25) is 4.79 Å². The fraction of sp³-hybridized carbons (Fsp3) is 0.929. The van der Waals surface area contributed by atoms with Crippen molar-refractivity contribution in [1.82, 2.24) is 10.6 Å². The van der Waals surface area contributed by atoms with Crippen molar-refractivity contribution < 1.29 is 4.79 Å². The van der Waals surface area contributed by atoms with Crippen LogP contribution in [0.2, 0.25) is 0 Å². The van der Waals surface area contributed by atoms with Crippen molar-refractivity contribution in [3.63, 3.8) is 0 Å². The predicted molar refractivity (Wildman–Crippen MR) is 72.0 cm³/mol. The van der Waals surface area contributed by atoms with Crippen LogP contribution in [0.5, 0.6) is 0 Å². The largest absolute Gasteiger partial charge is 0.356 e. The monoisotopic (exact) mass is 240 g/mol. The van der Waals surface area contributed by atoms with Crippen molar-refractivity contribution in [2.45, 2.75) is 58.3 Å². The van der Waals surface area contributed by atoms with Crippen molar-refractivity contribution in [2.75, 3.05) is 19.6 Å². The van der Waals surface area contributed by atoms with Crippen molar-refractivity contribution >= 4 is 5.91 Å². The van der Waals surface area contributed by atoms with Crippen LogP contribution in [0.25, 0.3) is 0 Å². The highest BCUT2D eigenvalue weighted by Gasteiger charge is 2.13. The molecule has 0 aliphatic carbocycles. The Morgan fingerprint density at radius 2 is 2.12 bits per heavy atom. The molecule has 3 nitrogen and oxygen atoms in total. The maximum absolute atomic E-state index is 11.5. The van der Waals surface area contributed by atoms with Gasteiger partial charge in [-0.05, 0) is 38.3 Å². The normalized spacial score (nSPS) is 19.5. The van der Waals surface area contributed by atoms with E-state index in [1.807, 2.05) is 0 Å². The number of nitrogens with one attached hydrogen (secondary N) is 2. The molecule has 1 atom stereocenters. The van der Waals surface area contributed by atoms with Gasteiger partial charge in [0, 0.05) is 13.0 Å². The Hall–Kier alpha value is -0.570. The molecule has 0 aromatic rings. The minimum atomic E-state index is 0.243. The van der Waals surface area contributed by atoms with E-state index in [2.05, 4.69) is 17.6 Å². The number of unbranched alkanes of at least 4 members (excludes halogenated alkanes) is 4. The van der Waals surface area contributed by atoms with Gasteiger partial charge in [-0.25, -0.2) is 0 Å². The fourth-order valence-corrected chi connectivity index (χ4v) is 2.35. The first-order chi connectivity index (χ1) is 8.33. The maximum atomic E-state index is 11.5. The fourth-order valence-electron chi connectivity index (χ4n) is 2.35. The third-order valence-electron chi connectivity index (χ3n) is 3.54. The molecule has 1 saturated heterocycles. The molecule has 1 aliphatic heterocycles. The summed E-state index contributed by atoms with van der Waals surface area (Å²) in [6, 6.07) is 0. The zero-order valence-corrected chi connectivity index (χ0v) is 11.3. The zero-order valence-electron chi connectivity index (χ0n) is 11.3. The lowest BCUT2D eigenvalue weighted by Crippen LogP contribution is -2.26. The summed E-state index contributed by atoms with van der Waals surface area (Å²) in [4.78, 5) is 11.5. The van der Waals surface area contributed by atoms with E-state index < -0.39 is 0 Å². The van der Waals surface area contributed by atoms with Gasteiger partial charge >= 0.3 is 0 Å². The molecule has 1 unspecified atom stereocenters. The van der Waals surface area contributed by atoms with Crippen LogP contribution in [0, 0.1) is 5.92 Å². The van der Waals surface area contributed by atoms with E-state index in [0.717, 1.165) is 38.4 Å². The molecule has 1 aliphatic rings. The number of rotatable bonds is 9. The second-order valence-electron chi connectivity index (χ2n) is 5.16. The molecular weight excluding hydrogens is 212 g/mol. The van der Waals surface area contributed by atoms with Crippen molar-refractivity contribution in [3.8, 4) is 0 Å². The number of hydrogen-bond acceptors (Lipinski definition) is 2. The van der Waals surface area contributed by atoms with E-state index in [1.165, 1.54) is 32.1 Å². The summed E-state index contributed by atoms with van der Waals surface area (Å²) in [6.07, 6.45) is 9.22. The molecule has 0 bridgehead atoms. The van der Waals surface area contributed by atoms with Gasteiger partial charge in [-0.1, -0.05) is 32.6 Å². The van der Waals surface area contributed by atoms with Gasteiger partial charge in [-0.15, -0.1) is 0 Å². The summed E-state index contributed by atoms with van der Waals surface area (Å²) >= 11 is 0. The molecule has 1 fully saturated rings. The van der Waals surface area contributed by atoms with Crippen LogP contribution in [-0.2, 0) is 4.79 Å². The second kappa shape index (κ2) is 9.46. The molecule has 0 saturated carbocycles. The number of amides is 1. The molecule has 1 amide bonds. The van der Waals surface area contributed by atoms with Crippen LogP contribution in [0.4, 0.5) is 0 Å². The predicted octanol–water partition coefficient (Wildman–Crippen LogP) is 2.46. The smallest absolute Gasteiger partial charge is 0.219 e. The molecule has 3 heteroatoms. The van der Waals surface area contributed by atoms with Crippen LogP contribution >= 0.6 is 0 Å². The third kappa shape index (κ3) is 7.37. The highest BCUT2D eigenvalue weighted by atomic mass is 16.1. The van der Waals surface area contributed by atoms with Crippen molar-refractivity contribution in [2.24, 2.45) is 5.92 Å². The Morgan fingerprint density at radius 3 is 2.82 bits per heavy atom. The number of carbonyl (C=O) groups is 1. The summed E-state index contributed by atoms with van der Waals surface area (Å²) in [6.45, 7) is 5.35. The lowest BCUT2D eigenvalue weighted by atomic mass is 10.1. The maximum Gasteiger partial charge on any atom is 0.219 e. The SMILES string of the molecule is CCCCCCCC(=O)NCCC1CCNC1. The molecule has 100 valence electrons. The summed E-state index contributed by atoms with van der Waals surface area (Å²) in [5.41, 5.74) is 0. The summed E-state index contributed by atoms with van der Waals surface area (Å²) < 4.78 is 0. The van der Waals surface area contributed by atoms with Crippen molar-refractivity contribution in [3.05, 3.63) is 0 Å². The zero-order chi connectivity index (χ0) is 12.3. The lowest BCUT2D eigenvalue weighted by Gasteiger charge is -2.09. The average molecular weight is 240 g/mol. The molecule has 0 aromatic carbocycles. The topological polar surface area (TPSA) is 41.1 Å². The molecular formula is C14H28N2O. The van der Waals surface area contributed by atoms with Crippen LogP contribution in [0.15, 0.2) is 0 Å². The first kappa shape index (κ1) is 14.5. The average Bonchev–Trinajstić information content (AvgIpc) is 2.82. The van der Waals surface area contributed by atoms with Gasteiger partial charge in [0.25, 0.3) is 0 Å². The van der Waals surface area contributed by atoms with Gasteiger partial charge in [0.1, 0.15) is 0 Å². The second-order valence-corrected chi connectivity index (χ2v) is 5.16. The quantitative estimate of drug-likeness (QED) is 0.608. The number of carbonyl (C=O) groups excluding carboxylic acids is 1. The Bertz CT molecular complexity index is 200. The summed E-state index contributed by atoms with van der Waals surface area (Å²) in [5, 5.41) is 6.39. The molecule has 1 heterocycles. The Labute approximate surface area is 106 Å².